The third-order valence-corrected chi connectivity index (χ3v) is 13.4. The predicted octanol–water partition coefficient (Wildman–Crippen LogP) is 5.15. The van der Waals surface area contributed by atoms with Gasteiger partial charge in [0.1, 0.15) is 17.8 Å². The van der Waals surface area contributed by atoms with E-state index in [0.29, 0.717) is 25.2 Å². The fourth-order valence-corrected chi connectivity index (χ4v) is 11.4. The van der Waals surface area contributed by atoms with Crippen LogP contribution in [0.2, 0.25) is 0 Å². The van der Waals surface area contributed by atoms with Crippen LogP contribution < -0.4 is 0 Å². The van der Waals surface area contributed by atoms with Crippen molar-refractivity contribution in [3.8, 4) is 0 Å². The molecular weight excluding hydrogens is 592 g/mol. The number of carboxylic acid groups (broad SMARTS) is 1. The monoisotopic (exact) mass is 644 g/mol. The van der Waals surface area contributed by atoms with Crippen LogP contribution in [0, 0.1) is 45.8 Å². The van der Waals surface area contributed by atoms with Crippen molar-refractivity contribution in [1.82, 2.24) is 0 Å². The van der Waals surface area contributed by atoms with Crippen LogP contribution in [0.1, 0.15) is 105 Å². The highest BCUT2D eigenvalue weighted by molar-refractivity contribution is 5.90. The van der Waals surface area contributed by atoms with Crippen LogP contribution in [-0.2, 0) is 38.1 Å². The van der Waals surface area contributed by atoms with Gasteiger partial charge in [-0.1, -0.05) is 84.3 Å². The number of carbonyl (C=O) groups excluding carboxylic acids is 2. The van der Waals surface area contributed by atoms with Gasteiger partial charge in [-0.3, -0.25) is 14.3 Å². The lowest BCUT2D eigenvalue weighted by Gasteiger charge is -2.58. The summed E-state index contributed by atoms with van der Waals surface area (Å²) in [5.41, 5.74) is -2.51. The van der Waals surface area contributed by atoms with Crippen LogP contribution in [0.5, 0.6) is 0 Å². The molecular formula is C36H52O10. The molecule has 2 N–H and O–H groups in total. The number of esters is 1. The molecule has 10 heteroatoms. The van der Waals surface area contributed by atoms with E-state index in [-0.39, 0.29) is 36.2 Å². The number of hydrogen-bond donors (Lipinski definition) is 2. The molecule has 4 aliphatic carbocycles. The third kappa shape index (κ3) is 4.21. The van der Waals surface area contributed by atoms with E-state index >= 15 is 0 Å². The molecule has 0 aromatic heterocycles. The minimum atomic E-state index is -1.86. The molecule has 256 valence electrons. The number of aliphatic hydroxyl groups is 1. The summed E-state index contributed by atoms with van der Waals surface area (Å²) >= 11 is 0. The second-order valence-corrected chi connectivity index (χ2v) is 15.8. The summed E-state index contributed by atoms with van der Waals surface area (Å²) in [7, 11) is 0. The summed E-state index contributed by atoms with van der Waals surface area (Å²) in [5.74, 6) is -2.82. The maximum atomic E-state index is 13.7. The van der Waals surface area contributed by atoms with Gasteiger partial charge in [-0.05, 0) is 55.3 Å². The first-order chi connectivity index (χ1) is 22.0. The van der Waals surface area contributed by atoms with Crippen LogP contribution >= 0.6 is 0 Å². The molecule has 8 rings (SSSR count). The molecule has 46 heavy (non-hydrogen) atoms. The fraction of sp³-hybridized carbons (Fsp3) is 0.861. The van der Waals surface area contributed by atoms with Gasteiger partial charge >= 0.3 is 17.9 Å². The van der Waals surface area contributed by atoms with E-state index in [4.69, 9.17) is 23.7 Å². The molecule has 0 aromatic rings. The SMILES string of the molecule is CCCCCCCCCC(=O)OC1C2OC3(OCC45CC6C(C)CCC6C6(C=O)CC4C=C(C(C)C)C65C(=O)O)OC2OC1C3O. The van der Waals surface area contributed by atoms with E-state index in [1.165, 1.54) is 25.7 Å². The number of aldehydes is 1. The number of fused-ring (bicyclic) bond motifs is 2. The molecule has 13 atom stereocenters. The van der Waals surface area contributed by atoms with Crippen LogP contribution in [0.3, 0.4) is 0 Å². The zero-order valence-electron chi connectivity index (χ0n) is 27.8. The number of allylic oxidation sites excluding steroid dienone is 1. The van der Waals surface area contributed by atoms with Crippen molar-refractivity contribution in [3.05, 3.63) is 11.6 Å². The third-order valence-electron chi connectivity index (χ3n) is 13.4. The number of rotatable bonds is 15. The molecule has 4 heterocycles. The van der Waals surface area contributed by atoms with Crippen molar-refractivity contribution in [3.63, 3.8) is 0 Å². The van der Waals surface area contributed by atoms with Gasteiger partial charge in [-0.25, -0.2) is 0 Å². The summed E-state index contributed by atoms with van der Waals surface area (Å²) in [4.78, 5) is 39.8. The zero-order chi connectivity index (χ0) is 32.6. The highest BCUT2D eigenvalue weighted by Crippen LogP contribution is 2.82. The maximum absolute atomic E-state index is 13.7. The Bertz CT molecular complexity index is 1270. The van der Waals surface area contributed by atoms with Crippen molar-refractivity contribution >= 4 is 18.2 Å². The molecule has 7 fully saturated rings. The Kier molecular flexibility index (Phi) is 8.27. The standard InChI is InChI=1S/C36H52O10/c1-5-6-7-8-9-10-11-12-26(38)43-27-28-30(39)36(45-29(27)31(44-28)46-36)42-19-34-17-23-21(4)13-14-24(23)33(18-37)16-22(34)15-25(20(2)3)35(33,34)32(40)41/h15,18,20-24,27-31,39H,5-14,16-17,19H2,1-4H3,(H,40,41). The Hall–Kier alpha value is -1.85. The number of ether oxygens (including phenoxy) is 5. The average Bonchev–Trinajstić information content (AvgIpc) is 3.75. The molecule has 0 aromatic carbocycles. The van der Waals surface area contributed by atoms with Gasteiger partial charge in [-0.15, -0.1) is 0 Å². The van der Waals surface area contributed by atoms with Gasteiger partial charge in [0.05, 0.1) is 12.0 Å². The first-order valence-electron chi connectivity index (χ1n) is 18.0. The van der Waals surface area contributed by atoms with E-state index in [1.54, 1.807) is 0 Å². The second-order valence-electron chi connectivity index (χ2n) is 15.8. The van der Waals surface area contributed by atoms with E-state index in [9.17, 15) is 24.6 Å². The minimum absolute atomic E-state index is 0.0102. The smallest absolute Gasteiger partial charge is 0.316 e. The lowest BCUT2D eigenvalue weighted by Crippen LogP contribution is -2.66. The maximum Gasteiger partial charge on any atom is 0.316 e. The second kappa shape index (κ2) is 11.6. The Labute approximate surface area is 271 Å². The average molecular weight is 645 g/mol. The molecule has 8 bridgehead atoms. The highest BCUT2D eigenvalue weighted by atomic mass is 17.0. The Morgan fingerprint density at radius 3 is 2.50 bits per heavy atom. The zero-order valence-corrected chi connectivity index (χ0v) is 27.8. The van der Waals surface area contributed by atoms with Crippen molar-refractivity contribution in [2.24, 2.45) is 45.8 Å². The quantitative estimate of drug-likeness (QED) is 0.107. The van der Waals surface area contributed by atoms with Crippen molar-refractivity contribution in [2.45, 2.75) is 141 Å². The fourth-order valence-electron chi connectivity index (χ4n) is 11.4. The molecule has 3 saturated carbocycles. The number of hydrogen-bond acceptors (Lipinski definition) is 9. The van der Waals surface area contributed by atoms with Crippen LogP contribution in [0.4, 0.5) is 0 Å². The summed E-state index contributed by atoms with van der Waals surface area (Å²) in [6.45, 7) is 8.37. The molecule has 0 spiro atoms. The van der Waals surface area contributed by atoms with Gasteiger partial charge in [0.25, 0.3) is 0 Å². The Balaban J connectivity index is 1.08. The van der Waals surface area contributed by atoms with E-state index in [0.717, 1.165) is 44.0 Å². The van der Waals surface area contributed by atoms with Gasteiger partial charge in [0.15, 0.2) is 24.6 Å². The summed E-state index contributed by atoms with van der Waals surface area (Å²) < 4.78 is 30.5. The molecule has 13 unspecified atom stereocenters. The highest BCUT2D eigenvalue weighted by Gasteiger charge is 2.85. The largest absolute Gasteiger partial charge is 0.481 e. The molecule has 4 aliphatic heterocycles. The van der Waals surface area contributed by atoms with Gasteiger partial charge < -0.3 is 34.0 Å². The molecule has 0 amide bonds. The Morgan fingerprint density at radius 2 is 1.80 bits per heavy atom. The summed E-state index contributed by atoms with van der Waals surface area (Å²) in [6, 6.07) is 0. The van der Waals surface area contributed by atoms with Gasteiger partial charge in [0.2, 0.25) is 0 Å². The van der Waals surface area contributed by atoms with Gasteiger partial charge in [-0.2, -0.15) is 0 Å². The van der Waals surface area contributed by atoms with Gasteiger partial charge in [0, 0.05) is 11.8 Å². The predicted molar refractivity (Wildman–Crippen MR) is 164 cm³/mol. The lowest BCUT2D eigenvalue weighted by molar-refractivity contribution is -0.447. The van der Waals surface area contributed by atoms with Crippen molar-refractivity contribution in [1.29, 1.82) is 0 Å². The lowest BCUT2D eigenvalue weighted by atomic mass is 9.43. The number of aliphatic hydroxyl groups excluding tert-OH is 1. The first-order valence-corrected chi connectivity index (χ1v) is 18.0. The number of carbonyl (C=O) groups is 3. The normalized spacial score (nSPS) is 47.4. The number of aliphatic carboxylic acids is 1. The number of unbranched alkanes of at least 4 members (excludes halogenated alkanes) is 6. The van der Waals surface area contributed by atoms with Crippen molar-refractivity contribution < 1.29 is 48.3 Å². The van der Waals surface area contributed by atoms with E-state index < -0.39 is 58.9 Å². The molecule has 8 aliphatic rings. The minimum Gasteiger partial charge on any atom is -0.481 e. The molecule has 10 nitrogen and oxygen atoms in total. The summed E-state index contributed by atoms with van der Waals surface area (Å²) in [5, 5.41) is 22.8. The topological polar surface area (TPSA) is 138 Å². The number of carboxylic acids is 1. The molecule has 4 saturated heterocycles. The van der Waals surface area contributed by atoms with E-state index in [2.05, 4.69) is 19.9 Å². The van der Waals surface area contributed by atoms with E-state index in [1.807, 2.05) is 13.8 Å². The first kappa shape index (κ1) is 32.7. The summed E-state index contributed by atoms with van der Waals surface area (Å²) in [6.07, 6.45) is 9.20. The van der Waals surface area contributed by atoms with Crippen LogP contribution in [0.15, 0.2) is 11.6 Å². The van der Waals surface area contributed by atoms with Crippen molar-refractivity contribution in [2.75, 3.05) is 6.61 Å². The van der Waals surface area contributed by atoms with Crippen LogP contribution in [-0.4, -0.2) is 71.7 Å². The Morgan fingerprint density at radius 1 is 1.07 bits per heavy atom. The van der Waals surface area contributed by atoms with Crippen LogP contribution in [0.25, 0.3) is 0 Å². The molecule has 0 radical (unpaired) electrons.